The van der Waals surface area contributed by atoms with Crippen molar-refractivity contribution in [2.75, 3.05) is 31.2 Å². The number of rotatable bonds is 3. The predicted molar refractivity (Wildman–Crippen MR) is 76.4 cm³/mol. The largest absolute Gasteiger partial charge is 0.392 e. The number of nitrogens with zero attached hydrogens (tertiary/aromatic N) is 3. The van der Waals surface area contributed by atoms with Crippen molar-refractivity contribution in [1.82, 2.24) is 10.2 Å². The highest BCUT2D eigenvalue weighted by atomic mass is 19.1. The first-order valence-electron chi connectivity index (χ1n) is 6.84. The van der Waals surface area contributed by atoms with Crippen molar-refractivity contribution in [3.8, 4) is 11.3 Å². The first-order valence-corrected chi connectivity index (χ1v) is 6.84. The minimum absolute atomic E-state index is 0.256. The van der Waals surface area contributed by atoms with E-state index in [1.54, 1.807) is 24.3 Å². The third-order valence-corrected chi connectivity index (χ3v) is 3.51. The smallest absolute Gasteiger partial charge is 0.151 e. The molecule has 1 N–H and O–H groups in total. The number of anilines is 1. The number of aromatic nitrogens is 2. The normalized spacial score (nSPS) is 15.2. The van der Waals surface area contributed by atoms with Gasteiger partial charge in [0.2, 0.25) is 0 Å². The Morgan fingerprint density at radius 3 is 2.62 bits per heavy atom. The molecule has 1 aromatic carbocycles. The van der Waals surface area contributed by atoms with E-state index in [-0.39, 0.29) is 12.2 Å². The number of halogens is 1. The van der Waals surface area contributed by atoms with Crippen LogP contribution >= 0.6 is 0 Å². The van der Waals surface area contributed by atoms with E-state index in [0.29, 0.717) is 24.5 Å². The molecular formula is C15H16FN3O2. The molecular weight excluding hydrogens is 273 g/mol. The fourth-order valence-corrected chi connectivity index (χ4v) is 2.33. The summed E-state index contributed by atoms with van der Waals surface area (Å²) in [5.74, 6) is 0.314. The van der Waals surface area contributed by atoms with Gasteiger partial charge in [-0.1, -0.05) is 12.1 Å². The van der Waals surface area contributed by atoms with E-state index < -0.39 is 5.82 Å². The van der Waals surface area contributed by atoms with Crippen LogP contribution in [0.15, 0.2) is 30.3 Å². The predicted octanol–water partition coefficient (Wildman–Crippen LogP) is 1.61. The molecule has 1 aliphatic rings. The number of hydrogen-bond acceptors (Lipinski definition) is 5. The Hall–Kier alpha value is -2.05. The molecule has 6 heteroatoms. The standard InChI is InChI=1S/C15H16FN3O2/c16-15-11(10-20)2-1-3-12(15)13-4-5-14(18-17-13)19-6-8-21-9-7-19/h1-5,20H,6-10H2. The molecule has 0 spiro atoms. The molecule has 1 aliphatic heterocycles. The van der Waals surface area contributed by atoms with E-state index in [9.17, 15) is 4.39 Å². The molecule has 0 unspecified atom stereocenters. The van der Waals surface area contributed by atoms with Crippen molar-refractivity contribution >= 4 is 5.82 Å². The number of ether oxygens (including phenoxy) is 1. The third kappa shape index (κ3) is 2.86. The molecule has 2 heterocycles. The van der Waals surface area contributed by atoms with Gasteiger partial charge in [0.05, 0.1) is 25.5 Å². The highest BCUT2D eigenvalue weighted by molar-refractivity contribution is 5.61. The molecule has 2 aromatic rings. The van der Waals surface area contributed by atoms with Crippen molar-refractivity contribution in [1.29, 1.82) is 0 Å². The van der Waals surface area contributed by atoms with Crippen LogP contribution < -0.4 is 4.90 Å². The van der Waals surface area contributed by atoms with Crippen LogP contribution in [-0.2, 0) is 11.3 Å². The van der Waals surface area contributed by atoms with Crippen molar-refractivity contribution < 1.29 is 14.2 Å². The van der Waals surface area contributed by atoms with Gasteiger partial charge >= 0.3 is 0 Å². The van der Waals surface area contributed by atoms with Gasteiger partial charge in [-0.25, -0.2) is 4.39 Å². The quantitative estimate of drug-likeness (QED) is 0.930. The summed E-state index contributed by atoms with van der Waals surface area (Å²) in [6.45, 7) is 2.58. The highest BCUT2D eigenvalue weighted by Gasteiger charge is 2.14. The first kappa shape index (κ1) is 13.9. The zero-order valence-electron chi connectivity index (χ0n) is 11.5. The molecule has 21 heavy (non-hydrogen) atoms. The lowest BCUT2D eigenvalue weighted by atomic mass is 10.1. The molecule has 1 fully saturated rings. The van der Waals surface area contributed by atoms with E-state index in [1.165, 1.54) is 0 Å². The molecule has 0 atom stereocenters. The second-order valence-electron chi connectivity index (χ2n) is 4.81. The summed E-state index contributed by atoms with van der Waals surface area (Å²) in [6.07, 6.45) is 0. The highest BCUT2D eigenvalue weighted by Crippen LogP contribution is 2.24. The maximum absolute atomic E-state index is 14.2. The summed E-state index contributed by atoms with van der Waals surface area (Å²) in [4.78, 5) is 2.08. The molecule has 0 amide bonds. The maximum atomic E-state index is 14.2. The maximum Gasteiger partial charge on any atom is 0.151 e. The topological polar surface area (TPSA) is 58.5 Å². The molecule has 0 radical (unpaired) electrons. The van der Waals surface area contributed by atoms with Crippen LogP contribution in [-0.4, -0.2) is 41.6 Å². The Morgan fingerprint density at radius 2 is 1.95 bits per heavy atom. The van der Waals surface area contributed by atoms with Crippen LogP contribution in [0.1, 0.15) is 5.56 Å². The zero-order chi connectivity index (χ0) is 14.7. The summed E-state index contributed by atoms with van der Waals surface area (Å²) in [5, 5.41) is 17.4. The SMILES string of the molecule is OCc1cccc(-c2ccc(N3CCOCC3)nn2)c1F. The monoisotopic (exact) mass is 289 g/mol. The number of aliphatic hydroxyl groups excluding tert-OH is 1. The van der Waals surface area contributed by atoms with Crippen LogP contribution in [0.3, 0.4) is 0 Å². The van der Waals surface area contributed by atoms with Gasteiger partial charge in [0.1, 0.15) is 5.82 Å². The lowest BCUT2D eigenvalue weighted by Gasteiger charge is -2.27. The van der Waals surface area contributed by atoms with Gasteiger partial charge in [0, 0.05) is 24.2 Å². The van der Waals surface area contributed by atoms with Crippen LogP contribution in [0, 0.1) is 5.82 Å². The van der Waals surface area contributed by atoms with Crippen LogP contribution in [0.5, 0.6) is 0 Å². The van der Waals surface area contributed by atoms with Crippen molar-refractivity contribution in [3.05, 3.63) is 41.7 Å². The summed E-state index contributed by atoms with van der Waals surface area (Å²) in [5.41, 5.74) is 1.06. The summed E-state index contributed by atoms with van der Waals surface area (Å²) in [7, 11) is 0. The van der Waals surface area contributed by atoms with Gasteiger partial charge in [-0.2, -0.15) is 0 Å². The lowest BCUT2D eigenvalue weighted by molar-refractivity contribution is 0.122. The minimum atomic E-state index is -0.451. The Morgan fingerprint density at radius 1 is 1.14 bits per heavy atom. The van der Waals surface area contributed by atoms with Crippen LogP contribution in [0.25, 0.3) is 11.3 Å². The van der Waals surface area contributed by atoms with Crippen LogP contribution in [0.2, 0.25) is 0 Å². The summed E-state index contributed by atoms with van der Waals surface area (Å²) in [6, 6.07) is 8.46. The molecule has 110 valence electrons. The minimum Gasteiger partial charge on any atom is -0.392 e. The molecule has 1 saturated heterocycles. The summed E-state index contributed by atoms with van der Waals surface area (Å²) < 4.78 is 19.5. The van der Waals surface area contributed by atoms with Gasteiger partial charge in [-0.3, -0.25) is 0 Å². The zero-order valence-corrected chi connectivity index (χ0v) is 11.5. The molecule has 0 saturated carbocycles. The van der Waals surface area contributed by atoms with E-state index in [2.05, 4.69) is 15.1 Å². The number of hydrogen-bond donors (Lipinski definition) is 1. The molecule has 5 nitrogen and oxygen atoms in total. The molecule has 3 rings (SSSR count). The van der Waals surface area contributed by atoms with E-state index in [1.807, 2.05) is 6.07 Å². The van der Waals surface area contributed by atoms with Crippen molar-refractivity contribution in [3.63, 3.8) is 0 Å². The third-order valence-electron chi connectivity index (χ3n) is 3.51. The Kier molecular flexibility index (Phi) is 4.08. The Balaban J connectivity index is 1.87. The van der Waals surface area contributed by atoms with E-state index >= 15 is 0 Å². The Bertz CT molecular complexity index is 613. The van der Waals surface area contributed by atoms with E-state index in [0.717, 1.165) is 18.9 Å². The second kappa shape index (κ2) is 6.15. The number of aliphatic hydroxyl groups is 1. The molecule has 0 bridgehead atoms. The van der Waals surface area contributed by atoms with Gasteiger partial charge in [-0.05, 0) is 18.2 Å². The molecule has 1 aromatic heterocycles. The number of benzene rings is 1. The van der Waals surface area contributed by atoms with Gasteiger partial charge in [0.15, 0.2) is 5.82 Å². The van der Waals surface area contributed by atoms with Crippen molar-refractivity contribution in [2.45, 2.75) is 6.61 Å². The second-order valence-corrected chi connectivity index (χ2v) is 4.81. The first-order chi connectivity index (χ1) is 10.3. The summed E-state index contributed by atoms with van der Waals surface area (Å²) >= 11 is 0. The van der Waals surface area contributed by atoms with Gasteiger partial charge in [-0.15, -0.1) is 10.2 Å². The average Bonchev–Trinajstić information content (AvgIpc) is 2.56. The van der Waals surface area contributed by atoms with Gasteiger partial charge < -0.3 is 14.7 Å². The lowest BCUT2D eigenvalue weighted by Crippen LogP contribution is -2.36. The molecule has 0 aliphatic carbocycles. The van der Waals surface area contributed by atoms with Crippen LogP contribution in [0.4, 0.5) is 10.2 Å². The van der Waals surface area contributed by atoms with Crippen molar-refractivity contribution in [2.24, 2.45) is 0 Å². The van der Waals surface area contributed by atoms with E-state index in [4.69, 9.17) is 9.84 Å². The fraction of sp³-hybridized carbons (Fsp3) is 0.333. The fourth-order valence-electron chi connectivity index (χ4n) is 2.33. The Labute approximate surface area is 122 Å². The number of morpholine rings is 1. The van der Waals surface area contributed by atoms with Gasteiger partial charge in [0.25, 0.3) is 0 Å². The average molecular weight is 289 g/mol.